The molecular formula is C14H17NO3. The van der Waals surface area contributed by atoms with Crippen molar-refractivity contribution in [3.63, 3.8) is 0 Å². The number of amides is 1. The van der Waals surface area contributed by atoms with Crippen molar-refractivity contribution in [1.29, 1.82) is 0 Å². The highest BCUT2D eigenvalue weighted by atomic mass is 16.4. The third-order valence-electron chi connectivity index (χ3n) is 3.66. The molecule has 0 bridgehead atoms. The van der Waals surface area contributed by atoms with E-state index in [4.69, 9.17) is 0 Å². The van der Waals surface area contributed by atoms with Gasteiger partial charge in [-0.3, -0.25) is 9.59 Å². The Kier molecular flexibility index (Phi) is 3.36. The number of aliphatic carboxylic acids is 1. The van der Waals surface area contributed by atoms with E-state index in [1.807, 2.05) is 0 Å². The summed E-state index contributed by atoms with van der Waals surface area (Å²) in [7, 11) is 0. The zero-order valence-corrected chi connectivity index (χ0v) is 10.4. The van der Waals surface area contributed by atoms with E-state index in [0.717, 1.165) is 12.0 Å². The lowest BCUT2D eigenvalue weighted by atomic mass is 9.64. The fraction of sp³-hybridized carbons (Fsp3) is 0.429. The van der Waals surface area contributed by atoms with Crippen molar-refractivity contribution in [2.75, 3.05) is 5.32 Å². The number of carboxylic acids is 1. The van der Waals surface area contributed by atoms with Gasteiger partial charge in [-0.25, -0.2) is 0 Å². The van der Waals surface area contributed by atoms with Gasteiger partial charge in [-0.15, -0.1) is 0 Å². The standard InChI is InChI=1S/C14H17NO3/c1-2-12(16)15-11-6-4-10(5-7-11)14(13(17)18)8-3-9-14/h4-7H,2-3,8-9H2,1H3,(H,15,16)(H,17,18). The van der Waals surface area contributed by atoms with Crippen LogP contribution in [0.2, 0.25) is 0 Å². The molecule has 1 aromatic rings. The number of carbonyl (C=O) groups excluding carboxylic acids is 1. The molecule has 1 saturated carbocycles. The quantitative estimate of drug-likeness (QED) is 0.859. The van der Waals surface area contributed by atoms with E-state index in [1.165, 1.54) is 0 Å². The Morgan fingerprint density at radius 3 is 2.28 bits per heavy atom. The lowest BCUT2D eigenvalue weighted by Crippen LogP contribution is -2.42. The molecule has 96 valence electrons. The Morgan fingerprint density at radius 2 is 1.89 bits per heavy atom. The van der Waals surface area contributed by atoms with Crippen LogP contribution in [0.1, 0.15) is 38.2 Å². The van der Waals surface area contributed by atoms with Gasteiger partial charge in [-0.1, -0.05) is 25.5 Å². The lowest BCUT2D eigenvalue weighted by molar-refractivity contribution is -0.147. The van der Waals surface area contributed by atoms with Crippen LogP contribution in [0.5, 0.6) is 0 Å². The zero-order valence-electron chi connectivity index (χ0n) is 10.4. The van der Waals surface area contributed by atoms with Crippen LogP contribution in [-0.2, 0) is 15.0 Å². The first-order valence-corrected chi connectivity index (χ1v) is 6.22. The number of rotatable bonds is 4. The predicted octanol–water partition coefficient (Wildman–Crippen LogP) is 2.54. The second kappa shape index (κ2) is 4.80. The van der Waals surface area contributed by atoms with E-state index in [-0.39, 0.29) is 5.91 Å². The SMILES string of the molecule is CCC(=O)Nc1ccc(C2(C(=O)O)CCC2)cc1. The smallest absolute Gasteiger partial charge is 0.314 e. The van der Waals surface area contributed by atoms with Crippen molar-refractivity contribution in [3.8, 4) is 0 Å². The molecule has 0 unspecified atom stereocenters. The van der Waals surface area contributed by atoms with E-state index in [0.29, 0.717) is 24.9 Å². The number of nitrogens with one attached hydrogen (secondary N) is 1. The van der Waals surface area contributed by atoms with Gasteiger partial charge in [0, 0.05) is 12.1 Å². The van der Waals surface area contributed by atoms with E-state index >= 15 is 0 Å². The number of hydrogen-bond donors (Lipinski definition) is 2. The van der Waals surface area contributed by atoms with Crippen molar-refractivity contribution in [2.24, 2.45) is 0 Å². The van der Waals surface area contributed by atoms with Gasteiger partial charge < -0.3 is 10.4 Å². The van der Waals surface area contributed by atoms with Crippen LogP contribution in [0.15, 0.2) is 24.3 Å². The summed E-state index contributed by atoms with van der Waals surface area (Å²) in [4.78, 5) is 22.6. The molecule has 0 aliphatic heterocycles. The van der Waals surface area contributed by atoms with Crippen molar-refractivity contribution >= 4 is 17.6 Å². The molecule has 0 aromatic heterocycles. The number of carbonyl (C=O) groups is 2. The summed E-state index contributed by atoms with van der Waals surface area (Å²) >= 11 is 0. The van der Waals surface area contributed by atoms with Gasteiger partial charge in [0.05, 0.1) is 5.41 Å². The molecule has 0 heterocycles. The molecule has 1 aliphatic rings. The van der Waals surface area contributed by atoms with Gasteiger partial charge in [0.15, 0.2) is 0 Å². The van der Waals surface area contributed by atoms with Gasteiger partial charge in [0.25, 0.3) is 0 Å². The lowest BCUT2D eigenvalue weighted by Gasteiger charge is -2.38. The van der Waals surface area contributed by atoms with Gasteiger partial charge in [-0.2, -0.15) is 0 Å². The van der Waals surface area contributed by atoms with Crippen molar-refractivity contribution in [2.45, 2.75) is 38.0 Å². The number of carboxylic acid groups (broad SMARTS) is 1. The first kappa shape index (κ1) is 12.6. The Bertz CT molecular complexity index is 460. The summed E-state index contributed by atoms with van der Waals surface area (Å²) < 4.78 is 0. The third kappa shape index (κ3) is 2.10. The van der Waals surface area contributed by atoms with Gasteiger partial charge in [-0.05, 0) is 30.5 Å². The first-order valence-electron chi connectivity index (χ1n) is 6.22. The Morgan fingerprint density at radius 1 is 1.28 bits per heavy atom. The normalized spacial score (nSPS) is 16.7. The molecule has 2 N–H and O–H groups in total. The summed E-state index contributed by atoms with van der Waals surface area (Å²) in [6, 6.07) is 7.15. The van der Waals surface area contributed by atoms with Crippen LogP contribution < -0.4 is 5.32 Å². The fourth-order valence-electron chi connectivity index (χ4n) is 2.28. The monoisotopic (exact) mass is 247 g/mol. The molecule has 0 radical (unpaired) electrons. The summed E-state index contributed by atoms with van der Waals surface area (Å²) in [5.74, 6) is -0.793. The number of benzene rings is 1. The zero-order chi connectivity index (χ0) is 13.2. The molecule has 2 rings (SSSR count). The second-order valence-electron chi connectivity index (χ2n) is 4.72. The Hall–Kier alpha value is -1.84. The van der Waals surface area contributed by atoms with Crippen LogP contribution in [-0.4, -0.2) is 17.0 Å². The van der Waals surface area contributed by atoms with Crippen LogP contribution in [0.3, 0.4) is 0 Å². The Labute approximate surface area is 106 Å². The first-order chi connectivity index (χ1) is 8.58. The second-order valence-corrected chi connectivity index (χ2v) is 4.72. The fourth-order valence-corrected chi connectivity index (χ4v) is 2.28. The maximum Gasteiger partial charge on any atom is 0.314 e. The van der Waals surface area contributed by atoms with E-state index in [1.54, 1.807) is 31.2 Å². The molecule has 1 aliphatic carbocycles. The molecule has 0 saturated heterocycles. The highest BCUT2D eigenvalue weighted by Gasteiger charge is 2.45. The predicted molar refractivity (Wildman–Crippen MR) is 68.5 cm³/mol. The average Bonchev–Trinajstić information content (AvgIpc) is 2.29. The summed E-state index contributed by atoms with van der Waals surface area (Å²) in [5, 5.41) is 12.1. The van der Waals surface area contributed by atoms with Crippen LogP contribution in [0.4, 0.5) is 5.69 Å². The summed E-state index contributed by atoms with van der Waals surface area (Å²) in [6.07, 6.45) is 2.79. The minimum atomic E-state index is -0.751. The van der Waals surface area contributed by atoms with E-state index < -0.39 is 11.4 Å². The molecule has 1 aromatic carbocycles. The van der Waals surface area contributed by atoms with E-state index in [2.05, 4.69) is 5.32 Å². The third-order valence-corrected chi connectivity index (χ3v) is 3.66. The Balaban J connectivity index is 2.17. The van der Waals surface area contributed by atoms with Crippen LogP contribution in [0.25, 0.3) is 0 Å². The highest BCUT2D eigenvalue weighted by molar-refractivity contribution is 5.90. The molecule has 1 amide bonds. The number of hydrogen-bond acceptors (Lipinski definition) is 2. The molecule has 1 fully saturated rings. The summed E-state index contributed by atoms with van der Waals surface area (Å²) in [5.41, 5.74) is 0.842. The van der Waals surface area contributed by atoms with E-state index in [9.17, 15) is 14.7 Å². The van der Waals surface area contributed by atoms with Crippen molar-refractivity contribution in [3.05, 3.63) is 29.8 Å². The number of anilines is 1. The average molecular weight is 247 g/mol. The maximum atomic E-state index is 11.3. The van der Waals surface area contributed by atoms with Crippen molar-refractivity contribution in [1.82, 2.24) is 0 Å². The van der Waals surface area contributed by atoms with Gasteiger partial charge in [0.1, 0.15) is 0 Å². The minimum absolute atomic E-state index is 0.0423. The van der Waals surface area contributed by atoms with Crippen LogP contribution >= 0.6 is 0 Å². The van der Waals surface area contributed by atoms with Gasteiger partial charge >= 0.3 is 5.97 Å². The molecular weight excluding hydrogens is 230 g/mol. The van der Waals surface area contributed by atoms with Crippen LogP contribution in [0, 0.1) is 0 Å². The minimum Gasteiger partial charge on any atom is -0.481 e. The molecule has 4 heteroatoms. The molecule has 4 nitrogen and oxygen atoms in total. The van der Waals surface area contributed by atoms with Crippen molar-refractivity contribution < 1.29 is 14.7 Å². The molecule has 18 heavy (non-hydrogen) atoms. The topological polar surface area (TPSA) is 66.4 Å². The summed E-state index contributed by atoms with van der Waals surface area (Å²) in [6.45, 7) is 1.79. The van der Waals surface area contributed by atoms with Gasteiger partial charge in [0.2, 0.25) is 5.91 Å². The highest BCUT2D eigenvalue weighted by Crippen LogP contribution is 2.44. The molecule has 0 spiro atoms. The maximum absolute atomic E-state index is 11.3. The largest absolute Gasteiger partial charge is 0.481 e. The molecule has 0 atom stereocenters.